The molecule has 1 heterocycles. The summed E-state index contributed by atoms with van der Waals surface area (Å²) in [5.41, 5.74) is 1.82. The van der Waals surface area contributed by atoms with Crippen molar-refractivity contribution in [3.8, 4) is 0 Å². The number of halogens is 2. The lowest BCUT2D eigenvalue weighted by Gasteiger charge is -2.06. The first-order chi connectivity index (χ1) is 7.99. The number of amides is 1. The maximum absolute atomic E-state index is 11.2. The van der Waals surface area contributed by atoms with Gasteiger partial charge in [0.1, 0.15) is 4.99 Å². The SMILES string of the molecule is CC(=C1SC(=O)NC1=S)c1ccc(Cl)c(Cl)c1. The highest BCUT2D eigenvalue weighted by atomic mass is 35.5. The van der Waals surface area contributed by atoms with Gasteiger partial charge in [-0.05, 0) is 42.0 Å². The van der Waals surface area contributed by atoms with Crippen molar-refractivity contribution in [2.45, 2.75) is 6.92 Å². The summed E-state index contributed by atoms with van der Waals surface area (Å²) in [5.74, 6) is 0. The molecule has 17 heavy (non-hydrogen) atoms. The van der Waals surface area contributed by atoms with Crippen LogP contribution in [0.1, 0.15) is 12.5 Å². The van der Waals surface area contributed by atoms with Crippen LogP contribution < -0.4 is 5.32 Å². The largest absolute Gasteiger partial charge is 0.306 e. The van der Waals surface area contributed by atoms with E-state index in [-0.39, 0.29) is 5.24 Å². The Balaban J connectivity index is 2.46. The number of nitrogens with one attached hydrogen (secondary N) is 1. The van der Waals surface area contributed by atoms with Gasteiger partial charge in [-0.2, -0.15) is 0 Å². The van der Waals surface area contributed by atoms with E-state index in [0.29, 0.717) is 15.0 Å². The van der Waals surface area contributed by atoms with Gasteiger partial charge in [0.2, 0.25) is 0 Å². The molecule has 0 aliphatic carbocycles. The summed E-state index contributed by atoms with van der Waals surface area (Å²) in [6.45, 7) is 1.90. The standard InChI is InChI=1S/C11H7Cl2NOS2/c1-5(9-10(16)14-11(15)17-9)6-2-3-7(12)8(13)4-6/h2-4H,1H3,(H,14,15,16). The van der Waals surface area contributed by atoms with Gasteiger partial charge in [0, 0.05) is 0 Å². The van der Waals surface area contributed by atoms with Crippen LogP contribution in [-0.4, -0.2) is 10.2 Å². The fourth-order valence-electron chi connectivity index (χ4n) is 1.42. The van der Waals surface area contributed by atoms with E-state index < -0.39 is 0 Å². The summed E-state index contributed by atoms with van der Waals surface area (Å²) in [4.78, 5) is 12.4. The first-order valence-electron chi connectivity index (χ1n) is 4.68. The fraction of sp³-hybridized carbons (Fsp3) is 0.0909. The summed E-state index contributed by atoms with van der Waals surface area (Å²) in [7, 11) is 0. The first kappa shape index (κ1) is 12.9. The molecule has 1 aliphatic rings. The maximum atomic E-state index is 11.2. The predicted octanol–water partition coefficient (Wildman–Crippen LogP) is 4.51. The van der Waals surface area contributed by atoms with Crippen molar-refractivity contribution in [1.82, 2.24) is 5.32 Å². The van der Waals surface area contributed by atoms with E-state index in [9.17, 15) is 4.79 Å². The van der Waals surface area contributed by atoms with Gasteiger partial charge in [-0.25, -0.2) is 0 Å². The minimum Gasteiger partial charge on any atom is -0.306 e. The van der Waals surface area contributed by atoms with Crippen LogP contribution in [0.2, 0.25) is 10.0 Å². The molecule has 2 rings (SSSR count). The molecule has 1 aliphatic heterocycles. The van der Waals surface area contributed by atoms with Crippen LogP contribution in [0.5, 0.6) is 0 Å². The van der Waals surface area contributed by atoms with Crippen LogP contribution in [0, 0.1) is 0 Å². The Morgan fingerprint density at radius 3 is 2.59 bits per heavy atom. The van der Waals surface area contributed by atoms with E-state index in [1.54, 1.807) is 12.1 Å². The van der Waals surface area contributed by atoms with Gasteiger partial charge in [-0.1, -0.05) is 41.5 Å². The van der Waals surface area contributed by atoms with E-state index in [2.05, 4.69) is 5.32 Å². The molecule has 88 valence electrons. The van der Waals surface area contributed by atoms with Crippen LogP contribution in [0.4, 0.5) is 4.79 Å². The van der Waals surface area contributed by atoms with Crippen LogP contribution in [0.3, 0.4) is 0 Å². The molecule has 0 bridgehead atoms. The Hall–Kier alpha value is -0.550. The van der Waals surface area contributed by atoms with Crippen molar-refractivity contribution >= 4 is 63.0 Å². The number of thiocarbonyl (C=S) groups is 1. The monoisotopic (exact) mass is 303 g/mol. The fourth-order valence-corrected chi connectivity index (χ4v) is 2.91. The van der Waals surface area contributed by atoms with E-state index in [0.717, 1.165) is 27.8 Å². The Kier molecular flexibility index (Phi) is 3.78. The zero-order valence-electron chi connectivity index (χ0n) is 8.71. The van der Waals surface area contributed by atoms with Crippen LogP contribution in [0.25, 0.3) is 5.57 Å². The Bertz CT molecular complexity index is 554. The van der Waals surface area contributed by atoms with E-state index in [1.807, 2.05) is 13.0 Å². The van der Waals surface area contributed by atoms with Crippen molar-refractivity contribution in [1.29, 1.82) is 0 Å². The summed E-state index contributed by atoms with van der Waals surface area (Å²) < 4.78 is 0. The van der Waals surface area contributed by atoms with Gasteiger partial charge in [0.05, 0.1) is 15.0 Å². The molecule has 0 unspecified atom stereocenters. The number of allylic oxidation sites excluding steroid dienone is 1. The average Bonchev–Trinajstić information content (AvgIpc) is 2.61. The van der Waals surface area contributed by atoms with Gasteiger partial charge in [0.15, 0.2) is 0 Å². The first-order valence-corrected chi connectivity index (χ1v) is 6.66. The van der Waals surface area contributed by atoms with Crippen LogP contribution in [0.15, 0.2) is 23.1 Å². The van der Waals surface area contributed by atoms with Gasteiger partial charge in [-0.3, -0.25) is 4.79 Å². The molecule has 1 aromatic carbocycles. The third kappa shape index (κ3) is 2.65. The van der Waals surface area contributed by atoms with Crippen molar-refractivity contribution < 1.29 is 4.79 Å². The van der Waals surface area contributed by atoms with Crippen LogP contribution in [-0.2, 0) is 0 Å². The van der Waals surface area contributed by atoms with Gasteiger partial charge < -0.3 is 5.32 Å². The maximum Gasteiger partial charge on any atom is 0.289 e. The molecule has 1 aromatic rings. The molecule has 1 amide bonds. The number of rotatable bonds is 1. The molecular weight excluding hydrogens is 297 g/mol. The number of carbonyl (C=O) groups excluding carboxylic acids is 1. The molecule has 1 saturated heterocycles. The molecule has 0 aromatic heterocycles. The summed E-state index contributed by atoms with van der Waals surface area (Å²) in [5, 5.41) is 3.42. The second-order valence-corrected chi connectivity index (χ2v) is 5.63. The number of benzene rings is 1. The van der Waals surface area contributed by atoms with Crippen molar-refractivity contribution in [3.63, 3.8) is 0 Å². The third-order valence-corrected chi connectivity index (χ3v) is 4.49. The predicted molar refractivity (Wildman–Crippen MR) is 77.8 cm³/mol. The quantitative estimate of drug-likeness (QED) is 0.611. The number of hydrogen-bond acceptors (Lipinski definition) is 3. The Morgan fingerprint density at radius 2 is 2.06 bits per heavy atom. The van der Waals surface area contributed by atoms with Crippen molar-refractivity contribution in [2.75, 3.05) is 0 Å². The molecule has 0 radical (unpaired) electrons. The Labute approximate surface area is 118 Å². The van der Waals surface area contributed by atoms with Crippen molar-refractivity contribution in [2.24, 2.45) is 0 Å². The summed E-state index contributed by atoms with van der Waals surface area (Å²) in [6, 6.07) is 5.34. The minimum absolute atomic E-state index is 0.149. The van der Waals surface area contributed by atoms with Crippen molar-refractivity contribution in [3.05, 3.63) is 38.7 Å². The van der Waals surface area contributed by atoms with Gasteiger partial charge in [-0.15, -0.1) is 0 Å². The zero-order valence-corrected chi connectivity index (χ0v) is 11.9. The highest BCUT2D eigenvalue weighted by Gasteiger charge is 2.24. The molecule has 1 fully saturated rings. The number of hydrogen-bond donors (Lipinski definition) is 1. The average molecular weight is 304 g/mol. The summed E-state index contributed by atoms with van der Waals surface area (Å²) in [6.07, 6.45) is 0. The molecule has 1 N–H and O–H groups in total. The lowest BCUT2D eigenvalue weighted by atomic mass is 10.1. The topological polar surface area (TPSA) is 29.1 Å². The lowest BCUT2D eigenvalue weighted by Crippen LogP contribution is -2.16. The van der Waals surface area contributed by atoms with E-state index >= 15 is 0 Å². The second kappa shape index (κ2) is 4.98. The highest BCUT2D eigenvalue weighted by Crippen LogP contribution is 2.34. The molecule has 0 atom stereocenters. The van der Waals surface area contributed by atoms with E-state index in [4.69, 9.17) is 35.4 Å². The molecule has 0 saturated carbocycles. The van der Waals surface area contributed by atoms with Gasteiger partial charge in [0.25, 0.3) is 5.24 Å². The smallest absolute Gasteiger partial charge is 0.289 e. The van der Waals surface area contributed by atoms with Gasteiger partial charge >= 0.3 is 0 Å². The normalized spacial score (nSPS) is 18.3. The molecule has 2 nitrogen and oxygen atoms in total. The number of carbonyl (C=O) groups is 1. The summed E-state index contributed by atoms with van der Waals surface area (Å²) >= 11 is 18.0. The number of thioether (sulfide) groups is 1. The highest BCUT2D eigenvalue weighted by molar-refractivity contribution is 8.19. The Morgan fingerprint density at radius 1 is 1.35 bits per heavy atom. The molecule has 6 heteroatoms. The molecule has 0 spiro atoms. The van der Waals surface area contributed by atoms with E-state index in [1.165, 1.54) is 0 Å². The third-order valence-electron chi connectivity index (χ3n) is 2.31. The van der Waals surface area contributed by atoms with Crippen LogP contribution >= 0.6 is 47.2 Å². The molecular formula is C11H7Cl2NOS2. The second-order valence-electron chi connectivity index (χ2n) is 3.43. The minimum atomic E-state index is -0.149. The lowest BCUT2D eigenvalue weighted by molar-refractivity contribution is 0.265. The zero-order chi connectivity index (χ0) is 12.6.